The van der Waals surface area contributed by atoms with Crippen molar-refractivity contribution in [3.63, 3.8) is 0 Å². The molecule has 0 saturated carbocycles. The number of nitrogens with zero attached hydrogens (tertiary/aromatic N) is 1. The van der Waals surface area contributed by atoms with Gasteiger partial charge in [-0.15, -0.1) is 0 Å². The molecule has 4 nitrogen and oxygen atoms in total. The van der Waals surface area contributed by atoms with Gasteiger partial charge in [-0.25, -0.2) is 0 Å². The van der Waals surface area contributed by atoms with E-state index < -0.39 is 0 Å². The Labute approximate surface area is 114 Å². The second-order valence-electron chi connectivity index (χ2n) is 4.15. The van der Waals surface area contributed by atoms with Crippen molar-refractivity contribution in [1.82, 2.24) is 5.43 Å². The van der Waals surface area contributed by atoms with Gasteiger partial charge in [-0.2, -0.15) is 5.10 Å². The molecule has 0 fully saturated rings. The average molecular weight is 272 g/mol. The van der Waals surface area contributed by atoms with Gasteiger partial charge in [0.05, 0.1) is 0 Å². The van der Waals surface area contributed by atoms with Gasteiger partial charge in [-0.3, -0.25) is 5.43 Å². The normalized spacial score (nSPS) is 17.9. The molecule has 3 rings (SSSR count). The van der Waals surface area contributed by atoms with E-state index in [2.05, 4.69) is 10.5 Å². The van der Waals surface area contributed by atoms with Crippen LogP contribution < -0.4 is 5.43 Å². The van der Waals surface area contributed by atoms with Gasteiger partial charge in [0.1, 0.15) is 21.9 Å². The van der Waals surface area contributed by atoms with E-state index in [4.69, 9.17) is 0 Å². The lowest BCUT2D eigenvalue weighted by Crippen LogP contribution is -2.06. The van der Waals surface area contributed by atoms with E-state index in [-0.39, 0.29) is 16.9 Å². The van der Waals surface area contributed by atoms with Crippen molar-refractivity contribution >= 4 is 16.8 Å². The van der Waals surface area contributed by atoms with Crippen LogP contribution in [0.5, 0.6) is 11.5 Å². The first-order valence-electron chi connectivity index (χ1n) is 5.81. The lowest BCUT2D eigenvalue weighted by atomic mass is 10.2. The molecule has 2 aromatic rings. The highest BCUT2D eigenvalue weighted by atomic mass is 32.2. The second kappa shape index (κ2) is 4.85. The van der Waals surface area contributed by atoms with Crippen LogP contribution in [0.4, 0.5) is 0 Å². The van der Waals surface area contributed by atoms with E-state index in [0.717, 1.165) is 10.6 Å². The van der Waals surface area contributed by atoms with Gasteiger partial charge in [0.25, 0.3) is 0 Å². The zero-order chi connectivity index (χ0) is 13.2. The number of phenolic OH excluding ortho intramolecular Hbond substituents is 2. The molecule has 0 saturated heterocycles. The van der Waals surface area contributed by atoms with Crippen LogP contribution in [-0.2, 0) is 0 Å². The minimum atomic E-state index is -0.143. The van der Waals surface area contributed by atoms with Crippen molar-refractivity contribution in [3.05, 3.63) is 59.7 Å². The fourth-order valence-corrected chi connectivity index (χ4v) is 2.91. The van der Waals surface area contributed by atoms with E-state index in [1.807, 2.05) is 30.3 Å². The summed E-state index contributed by atoms with van der Waals surface area (Å²) in [5.74, 6) is 0.114. The fraction of sp³-hybridized carbons (Fsp3) is 0.0714. The molecule has 0 amide bonds. The van der Waals surface area contributed by atoms with Crippen LogP contribution >= 0.6 is 11.8 Å². The predicted octanol–water partition coefficient (Wildman–Crippen LogP) is 2.79. The second-order valence-corrected chi connectivity index (χ2v) is 5.25. The van der Waals surface area contributed by atoms with Gasteiger partial charge in [-0.05, 0) is 12.1 Å². The first-order valence-corrected chi connectivity index (χ1v) is 6.69. The van der Waals surface area contributed by atoms with Crippen molar-refractivity contribution in [2.45, 2.75) is 5.37 Å². The monoisotopic (exact) mass is 272 g/mol. The number of aromatic hydroxyl groups is 2. The van der Waals surface area contributed by atoms with Crippen LogP contribution in [0.25, 0.3) is 0 Å². The minimum absolute atomic E-state index is 0.0495. The van der Waals surface area contributed by atoms with Gasteiger partial charge in [-0.1, -0.05) is 42.1 Å². The molecule has 3 N–H and O–H groups in total. The van der Waals surface area contributed by atoms with Gasteiger partial charge in [0.15, 0.2) is 0 Å². The van der Waals surface area contributed by atoms with Crippen molar-refractivity contribution < 1.29 is 10.2 Å². The van der Waals surface area contributed by atoms with Crippen LogP contribution in [0.2, 0.25) is 0 Å². The lowest BCUT2D eigenvalue weighted by molar-refractivity contribution is 0.444. The Morgan fingerprint density at radius 2 is 1.84 bits per heavy atom. The lowest BCUT2D eigenvalue weighted by Gasteiger charge is -2.11. The molecule has 1 aliphatic heterocycles. The number of nitrogens with one attached hydrogen (secondary N) is 1. The Hall–Kier alpha value is -2.14. The Bertz CT molecular complexity index is 629. The number of phenols is 2. The highest BCUT2D eigenvalue weighted by Gasteiger charge is 2.24. The smallest absolute Gasteiger partial charge is 0.126 e. The highest BCUT2D eigenvalue weighted by molar-refractivity contribution is 8.14. The summed E-state index contributed by atoms with van der Waals surface area (Å²) in [6.45, 7) is 0. The molecule has 0 bridgehead atoms. The quantitative estimate of drug-likeness (QED) is 0.786. The molecule has 0 spiro atoms. The van der Waals surface area contributed by atoms with Crippen molar-refractivity contribution in [1.29, 1.82) is 0 Å². The number of rotatable bonds is 2. The molecule has 96 valence electrons. The van der Waals surface area contributed by atoms with Crippen molar-refractivity contribution in [2.75, 3.05) is 0 Å². The van der Waals surface area contributed by atoms with E-state index in [9.17, 15) is 10.2 Å². The van der Waals surface area contributed by atoms with Crippen molar-refractivity contribution in [2.24, 2.45) is 5.10 Å². The Balaban J connectivity index is 1.81. The number of thioether (sulfide) groups is 1. The number of hydrogen-bond acceptors (Lipinski definition) is 5. The standard InChI is InChI=1S/C14H12N2O2S/c17-10-6-7-11(12(18)8-10)14-16-15-13(19-14)9-4-2-1-3-5-9/h1-8,14,16-18H. The molecule has 0 radical (unpaired) electrons. The largest absolute Gasteiger partial charge is 0.508 e. The third-order valence-electron chi connectivity index (χ3n) is 2.83. The van der Waals surface area contributed by atoms with Gasteiger partial charge in [0, 0.05) is 17.2 Å². The third kappa shape index (κ3) is 2.37. The molecule has 1 heterocycles. The van der Waals surface area contributed by atoms with E-state index in [1.165, 1.54) is 17.8 Å². The Morgan fingerprint density at radius 1 is 1.05 bits per heavy atom. The average Bonchev–Trinajstić information content (AvgIpc) is 2.89. The third-order valence-corrected chi connectivity index (χ3v) is 3.98. The maximum Gasteiger partial charge on any atom is 0.126 e. The maximum absolute atomic E-state index is 9.84. The number of hydrogen-bond donors (Lipinski definition) is 3. The molecule has 1 aliphatic rings. The van der Waals surface area contributed by atoms with E-state index in [0.29, 0.717) is 5.56 Å². The van der Waals surface area contributed by atoms with Crippen LogP contribution in [0, 0.1) is 0 Å². The zero-order valence-corrected chi connectivity index (χ0v) is 10.8. The number of benzene rings is 2. The fourth-order valence-electron chi connectivity index (χ4n) is 1.88. The Morgan fingerprint density at radius 3 is 2.58 bits per heavy atom. The summed E-state index contributed by atoms with van der Waals surface area (Å²) in [6, 6.07) is 14.4. The molecule has 0 aromatic heterocycles. The van der Waals surface area contributed by atoms with E-state index >= 15 is 0 Å². The van der Waals surface area contributed by atoms with Crippen LogP contribution in [0.15, 0.2) is 53.6 Å². The minimum Gasteiger partial charge on any atom is -0.508 e. The van der Waals surface area contributed by atoms with Crippen LogP contribution in [0.1, 0.15) is 16.5 Å². The summed E-state index contributed by atoms with van der Waals surface area (Å²) in [6.07, 6.45) is 0. The molecule has 19 heavy (non-hydrogen) atoms. The van der Waals surface area contributed by atoms with Gasteiger partial charge >= 0.3 is 0 Å². The highest BCUT2D eigenvalue weighted by Crippen LogP contribution is 2.39. The van der Waals surface area contributed by atoms with Crippen LogP contribution in [-0.4, -0.2) is 15.3 Å². The van der Waals surface area contributed by atoms with Gasteiger partial charge < -0.3 is 10.2 Å². The first-order chi connectivity index (χ1) is 9.24. The molecule has 2 aromatic carbocycles. The summed E-state index contributed by atoms with van der Waals surface area (Å²) in [5, 5.41) is 24.2. The summed E-state index contributed by atoms with van der Waals surface area (Å²) in [5.41, 5.74) is 4.74. The van der Waals surface area contributed by atoms with Crippen LogP contribution in [0.3, 0.4) is 0 Å². The molecule has 1 atom stereocenters. The van der Waals surface area contributed by atoms with Crippen molar-refractivity contribution in [3.8, 4) is 11.5 Å². The zero-order valence-electron chi connectivity index (χ0n) is 9.95. The van der Waals surface area contributed by atoms with Gasteiger partial charge in [0.2, 0.25) is 0 Å². The first kappa shape index (κ1) is 11.9. The topological polar surface area (TPSA) is 64.8 Å². The molecular weight excluding hydrogens is 260 g/mol. The maximum atomic E-state index is 9.84. The number of hydrazone groups is 1. The summed E-state index contributed by atoms with van der Waals surface area (Å²) in [7, 11) is 0. The SMILES string of the molecule is Oc1ccc(C2NN=C(c3ccccc3)S2)c(O)c1. The predicted molar refractivity (Wildman–Crippen MR) is 76.2 cm³/mol. The summed E-state index contributed by atoms with van der Waals surface area (Å²) >= 11 is 1.53. The summed E-state index contributed by atoms with van der Waals surface area (Å²) in [4.78, 5) is 0. The van der Waals surface area contributed by atoms with E-state index in [1.54, 1.807) is 12.1 Å². The molecular formula is C14H12N2O2S. The Kier molecular flexibility index (Phi) is 3.05. The summed E-state index contributed by atoms with van der Waals surface area (Å²) < 4.78 is 0. The molecule has 1 unspecified atom stereocenters. The molecule has 0 aliphatic carbocycles. The molecule has 5 heteroatoms.